The summed E-state index contributed by atoms with van der Waals surface area (Å²) >= 11 is 0. The van der Waals surface area contributed by atoms with E-state index in [1.54, 1.807) is 12.1 Å². The Bertz CT molecular complexity index is 1020. The third-order valence-corrected chi connectivity index (χ3v) is 6.49. The van der Waals surface area contributed by atoms with Crippen molar-refractivity contribution in [2.75, 3.05) is 50.1 Å². The van der Waals surface area contributed by atoms with Crippen LogP contribution in [0.1, 0.15) is 0 Å². The number of hydrogen-bond donors (Lipinski definition) is 1. The third-order valence-electron chi connectivity index (χ3n) is 4.64. The minimum absolute atomic E-state index is 0.458. The first-order valence-corrected chi connectivity index (χ1v) is 10.7. The number of benzene rings is 2. The van der Waals surface area contributed by atoms with Gasteiger partial charge in [0.1, 0.15) is 0 Å². The van der Waals surface area contributed by atoms with Gasteiger partial charge in [-0.25, -0.2) is 8.42 Å². The fraction of sp³-hybridized carbons (Fsp3) is 0.316. The lowest BCUT2D eigenvalue weighted by atomic mass is 10.2. The van der Waals surface area contributed by atoms with Gasteiger partial charge < -0.3 is 15.0 Å². The zero-order valence-corrected chi connectivity index (χ0v) is 17.2. The summed E-state index contributed by atoms with van der Waals surface area (Å²) in [5.74, 6) is -0.557. The Kier molecular flexibility index (Phi) is 6.65. The van der Waals surface area contributed by atoms with E-state index >= 15 is 0 Å². The highest BCUT2D eigenvalue weighted by Gasteiger charge is 2.30. The first-order valence-electron chi connectivity index (χ1n) is 9.21. The number of nitrogens with zero attached hydrogens (tertiary/aromatic N) is 3. The van der Waals surface area contributed by atoms with E-state index in [9.17, 15) is 23.3 Å². The summed E-state index contributed by atoms with van der Waals surface area (Å²) < 4.78 is 31.5. The van der Waals surface area contributed by atoms with Crippen molar-refractivity contribution in [2.24, 2.45) is 0 Å². The Labute approximate surface area is 174 Å². The molecule has 11 heteroatoms. The Hall–Kier alpha value is -3.02. The highest BCUT2D eigenvalue weighted by Crippen LogP contribution is 2.25. The van der Waals surface area contributed by atoms with E-state index in [0.717, 1.165) is 35.2 Å². The first-order chi connectivity index (χ1) is 14.3. The lowest BCUT2D eigenvalue weighted by molar-refractivity contribution is -0.387. The fourth-order valence-electron chi connectivity index (χ4n) is 3.06. The molecule has 0 radical (unpaired) electrons. The van der Waals surface area contributed by atoms with Crippen molar-refractivity contribution in [3.8, 4) is 0 Å². The van der Waals surface area contributed by atoms with Gasteiger partial charge in [0.2, 0.25) is 15.9 Å². The molecule has 1 aliphatic heterocycles. The maximum atomic E-state index is 12.7. The number of ether oxygens (including phenoxy) is 1. The molecule has 0 atom stereocenters. The van der Waals surface area contributed by atoms with E-state index in [4.69, 9.17) is 4.74 Å². The minimum atomic E-state index is -4.21. The Morgan fingerprint density at radius 2 is 1.80 bits per heavy atom. The SMILES string of the molecule is CN(CC(=O)Nc1ccc(N2CCOCC2)cc1)S(=O)(=O)c1ccccc1[N+](=O)[O-]. The van der Waals surface area contributed by atoms with Gasteiger partial charge in [0.15, 0.2) is 4.90 Å². The number of para-hydroxylation sites is 1. The molecular weight excluding hydrogens is 412 g/mol. The summed E-state index contributed by atoms with van der Waals surface area (Å²) in [6, 6.07) is 12.2. The number of hydrogen-bond acceptors (Lipinski definition) is 7. The van der Waals surface area contributed by atoms with E-state index in [-0.39, 0.29) is 0 Å². The van der Waals surface area contributed by atoms with E-state index in [1.165, 1.54) is 19.2 Å². The number of nitrogens with one attached hydrogen (secondary N) is 1. The Balaban J connectivity index is 1.65. The molecule has 3 rings (SSSR count). The number of rotatable bonds is 7. The van der Waals surface area contributed by atoms with Crippen LogP contribution in [0.3, 0.4) is 0 Å². The van der Waals surface area contributed by atoms with Gasteiger partial charge in [-0.05, 0) is 30.3 Å². The molecule has 0 saturated carbocycles. The molecule has 1 aliphatic rings. The number of carbonyl (C=O) groups excluding carboxylic acids is 1. The van der Waals surface area contributed by atoms with Crippen molar-refractivity contribution in [2.45, 2.75) is 4.90 Å². The number of nitro groups is 1. The molecular formula is C19H22N4O6S. The molecule has 10 nitrogen and oxygen atoms in total. The van der Waals surface area contributed by atoms with E-state index in [1.807, 2.05) is 12.1 Å². The predicted molar refractivity (Wildman–Crippen MR) is 111 cm³/mol. The second-order valence-corrected chi connectivity index (χ2v) is 8.69. The summed E-state index contributed by atoms with van der Waals surface area (Å²) in [6.07, 6.45) is 0. The van der Waals surface area contributed by atoms with E-state index in [0.29, 0.717) is 18.9 Å². The molecule has 2 aromatic carbocycles. The molecule has 0 bridgehead atoms. The number of nitro benzene ring substituents is 1. The van der Waals surface area contributed by atoms with Crippen molar-refractivity contribution < 1.29 is 22.9 Å². The van der Waals surface area contributed by atoms with Gasteiger partial charge >= 0.3 is 0 Å². The van der Waals surface area contributed by atoms with Crippen LogP contribution in [-0.4, -0.2) is 63.4 Å². The van der Waals surface area contributed by atoms with Crippen molar-refractivity contribution in [3.63, 3.8) is 0 Å². The summed E-state index contributed by atoms with van der Waals surface area (Å²) in [6.45, 7) is 2.43. The summed E-state index contributed by atoms with van der Waals surface area (Å²) in [5, 5.41) is 13.8. The second kappa shape index (κ2) is 9.20. The van der Waals surface area contributed by atoms with Crippen LogP contribution in [0.25, 0.3) is 0 Å². The lowest BCUT2D eigenvalue weighted by Crippen LogP contribution is -2.36. The Morgan fingerprint density at radius 3 is 2.43 bits per heavy atom. The van der Waals surface area contributed by atoms with Gasteiger partial charge in [-0.1, -0.05) is 12.1 Å². The number of carbonyl (C=O) groups is 1. The van der Waals surface area contributed by atoms with Gasteiger partial charge in [0, 0.05) is 37.6 Å². The molecule has 0 aliphatic carbocycles. The van der Waals surface area contributed by atoms with Crippen molar-refractivity contribution in [3.05, 3.63) is 58.6 Å². The van der Waals surface area contributed by atoms with Crippen LogP contribution < -0.4 is 10.2 Å². The number of sulfonamides is 1. The maximum Gasteiger partial charge on any atom is 0.289 e. The van der Waals surface area contributed by atoms with Crippen LogP contribution in [-0.2, 0) is 19.6 Å². The largest absolute Gasteiger partial charge is 0.378 e. The van der Waals surface area contributed by atoms with Crippen LogP contribution in [0.5, 0.6) is 0 Å². The highest BCUT2D eigenvalue weighted by atomic mass is 32.2. The summed E-state index contributed by atoms with van der Waals surface area (Å²) in [5.41, 5.74) is 0.990. The topological polar surface area (TPSA) is 122 Å². The standard InChI is InChI=1S/C19H22N4O6S/c1-21(30(27,28)18-5-3-2-4-17(18)23(25)26)14-19(24)20-15-6-8-16(9-7-15)22-10-12-29-13-11-22/h2-9H,10-14H2,1H3,(H,20,24). The van der Waals surface area contributed by atoms with Crippen LogP contribution in [0.2, 0.25) is 0 Å². The van der Waals surface area contributed by atoms with Gasteiger partial charge in [0.05, 0.1) is 24.7 Å². The van der Waals surface area contributed by atoms with E-state index in [2.05, 4.69) is 10.2 Å². The fourth-order valence-corrected chi connectivity index (χ4v) is 4.34. The zero-order chi connectivity index (χ0) is 21.7. The highest BCUT2D eigenvalue weighted by molar-refractivity contribution is 7.89. The predicted octanol–water partition coefficient (Wildman–Crippen LogP) is 1.69. The molecule has 30 heavy (non-hydrogen) atoms. The molecule has 1 fully saturated rings. The monoisotopic (exact) mass is 434 g/mol. The summed E-state index contributed by atoms with van der Waals surface area (Å²) in [7, 11) is -3.01. The third kappa shape index (κ3) is 4.93. The summed E-state index contributed by atoms with van der Waals surface area (Å²) in [4.78, 5) is 24.4. The molecule has 1 heterocycles. The molecule has 160 valence electrons. The molecule has 2 aromatic rings. The minimum Gasteiger partial charge on any atom is -0.378 e. The second-order valence-electron chi connectivity index (χ2n) is 6.68. The molecule has 0 unspecified atom stereocenters. The van der Waals surface area contributed by atoms with Crippen molar-refractivity contribution >= 4 is 33.0 Å². The first kappa shape index (κ1) is 21.7. The number of anilines is 2. The lowest BCUT2D eigenvalue weighted by Gasteiger charge is -2.28. The Morgan fingerprint density at radius 1 is 1.17 bits per heavy atom. The normalized spacial score (nSPS) is 14.5. The molecule has 1 N–H and O–H groups in total. The van der Waals surface area contributed by atoms with Crippen molar-refractivity contribution in [1.82, 2.24) is 4.31 Å². The smallest absolute Gasteiger partial charge is 0.289 e. The average molecular weight is 434 g/mol. The number of morpholine rings is 1. The zero-order valence-electron chi connectivity index (χ0n) is 16.4. The van der Waals surface area contributed by atoms with Crippen LogP contribution in [0, 0.1) is 10.1 Å². The van der Waals surface area contributed by atoms with Gasteiger partial charge in [-0.15, -0.1) is 0 Å². The maximum absolute atomic E-state index is 12.7. The molecule has 0 spiro atoms. The number of likely N-dealkylation sites (N-methyl/N-ethyl adjacent to an activating group) is 1. The number of amides is 1. The quantitative estimate of drug-likeness (QED) is 0.520. The van der Waals surface area contributed by atoms with Gasteiger partial charge in [0.25, 0.3) is 5.69 Å². The van der Waals surface area contributed by atoms with Crippen LogP contribution >= 0.6 is 0 Å². The van der Waals surface area contributed by atoms with Gasteiger partial charge in [-0.2, -0.15) is 4.31 Å². The average Bonchev–Trinajstić information content (AvgIpc) is 2.74. The van der Waals surface area contributed by atoms with Crippen molar-refractivity contribution in [1.29, 1.82) is 0 Å². The molecule has 1 saturated heterocycles. The van der Waals surface area contributed by atoms with Gasteiger partial charge in [-0.3, -0.25) is 14.9 Å². The molecule has 1 amide bonds. The van der Waals surface area contributed by atoms with E-state index < -0.39 is 38.0 Å². The molecule has 0 aromatic heterocycles. The van der Waals surface area contributed by atoms with Crippen LogP contribution in [0.15, 0.2) is 53.4 Å². The van der Waals surface area contributed by atoms with Crippen LogP contribution in [0.4, 0.5) is 17.1 Å².